The van der Waals surface area contributed by atoms with E-state index in [-0.39, 0.29) is 18.1 Å². The summed E-state index contributed by atoms with van der Waals surface area (Å²) in [5, 5.41) is 7.37. The van der Waals surface area contributed by atoms with Gasteiger partial charge in [-0.15, -0.1) is 0 Å². The molecule has 5 nitrogen and oxygen atoms in total. The van der Waals surface area contributed by atoms with Crippen LogP contribution in [0.4, 0.5) is 5.69 Å². The molecule has 1 N–H and O–H groups in total. The lowest BCUT2D eigenvalue weighted by molar-refractivity contribution is -0.114. The van der Waals surface area contributed by atoms with E-state index >= 15 is 0 Å². The van der Waals surface area contributed by atoms with Crippen LogP contribution in [-0.2, 0) is 22.6 Å². The van der Waals surface area contributed by atoms with Crippen molar-refractivity contribution in [3.63, 3.8) is 0 Å². The molecule has 0 unspecified atom stereocenters. The number of aromatic nitrogens is 2. The first-order valence-electron chi connectivity index (χ1n) is 11.2. The lowest BCUT2D eigenvalue weighted by Crippen LogP contribution is -2.18. The van der Waals surface area contributed by atoms with Gasteiger partial charge in [0.2, 0.25) is 0 Å². The number of fused-ring (bicyclic) bond motifs is 1. The Morgan fingerprint density at radius 2 is 1.97 bits per heavy atom. The van der Waals surface area contributed by atoms with Crippen molar-refractivity contribution in [3.8, 4) is 0 Å². The predicted octanol–water partition coefficient (Wildman–Crippen LogP) is 4.87. The Bertz CT molecular complexity index is 1110. The molecule has 1 fully saturated rings. The number of allylic oxidation sites excluding steroid dienone is 3. The zero-order valence-electron chi connectivity index (χ0n) is 17.6. The van der Waals surface area contributed by atoms with Gasteiger partial charge in [-0.1, -0.05) is 55.7 Å². The Morgan fingerprint density at radius 3 is 2.81 bits per heavy atom. The van der Waals surface area contributed by atoms with Gasteiger partial charge in [-0.3, -0.25) is 14.3 Å². The fraction of sp³-hybridized carbons (Fsp3) is 0.346. The largest absolute Gasteiger partial charge is 0.319 e. The monoisotopic (exact) mass is 413 g/mol. The molecule has 1 heterocycles. The van der Waals surface area contributed by atoms with Crippen LogP contribution in [0.1, 0.15) is 49.7 Å². The number of benzene rings is 1. The zero-order chi connectivity index (χ0) is 21.2. The summed E-state index contributed by atoms with van der Waals surface area (Å²) < 4.78 is 1.94. The van der Waals surface area contributed by atoms with Crippen molar-refractivity contribution < 1.29 is 9.59 Å². The number of rotatable bonds is 5. The Labute approximate surface area is 182 Å². The summed E-state index contributed by atoms with van der Waals surface area (Å²) in [5.41, 5.74) is 5.24. The van der Waals surface area contributed by atoms with Crippen LogP contribution in [0.2, 0.25) is 0 Å². The molecule has 1 aromatic carbocycles. The Balaban J connectivity index is 1.26. The number of carbonyl (C=O) groups is 2. The van der Waals surface area contributed by atoms with Crippen LogP contribution in [0.15, 0.2) is 65.5 Å². The molecule has 2 aromatic rings. The summed E-state index contributed by atoms with van der Waals surface area (Å²) in [5.74, 6) is 0.549. The molecular formula is C26H27N3O2. The summed E-state index contributed by atoms with van der Waals surface area (Å²) in [4.78, 5) is 25.4. The number of nitrogens with zero attached hydrogens (tertiary/aromatic N) is 2. The quantitative estimate of drug-likeness (QED) is 0.761. The summed E-state index contributed by atoms with van der Waals surface area (Å²) in [6.45, 7) is 0.909. The Kier molecular flexibility index (Phi) is 5.41. The molecule has 0 atom stereocenters. The van der Waals surface area contributed by atoms with E-state index < -0.39 is 0 Å². The van der Waals surface area contributed by atoms with Crippen molar-refractivity contribution in [2.45, 2.75) is 51.5 Å². The minimum absolute atomic E-state index is 0.0657. The van der Waals surface area contributed by atoms with Crippen LogP contribution in [-0.4, -0.2) is 21.5 Å². The number of hydrogen-bond acceptors (Lipinski definition) is 3. The number of carbonyl (C=O) groups excluding carboxylic acids is 2. The number of anilines is 1. The highest BCUT2D eigenvalue weighted by atomic mass is 16.2. The highest BCUT2D eigenvalue weighted by Gasteiger charge is 2.24. The SMILES string of the molecule is O=C1CC=C(C(=O)Nc2cnn(CC3CCCCC3)c2)C=C1C1=Cc2ccccc2C1. The number of hydrogen-bond donors (Lipinski definition) is 1. The maximum absolute atomic E-state index is 12.9. The van der Waals surface area contributed by atoms with E-state index in [0.717, 1.165) is 24.1 Å². The number of nitrogens with one attached hydrogen (secondary N) is 1. The van der Waals surface area contributed by atoms with Crippen LogP contribution >= 0.6 is 0 Å². The smallest absolute Gasteiger partial charge is 0.255 e. The maximum atomic E-state index is 12.9. The van der Waals surface area contributed by atoms with Crippen molar-refractivity contribution in [1.29, 1.82) is 0 Å². The van der Waals surface area contributed by atoms with Crippen LogP contribution < -0.4 is 5.32 Å². The summed E-state index contributed by atoms with van der Waals surface area (Å²) in [6.07, 6.45) is 16.6. The first kappa shape index (κ1) is 19.7. The summed E-state index contributed by atoms with van der Waals surface area (Å²) in [6, 6.07) is 8.16. The van der Waals surface area contributed by atoms with Crippen molar-refractivity contribution in [2.75, 3.05) is 5.32 Å². The average Bonchev–Trinajstić information content (AvgIpc) is 3.41. The second-order valence-electron chi connectivity index (χ2n) is 8.80. The maximum Gasteiger partial charge on any atom is 0.255 e. The highest BCUT2D eigenvalue weighted by Crippen LogP contribution is 2.32. The number of ketones is 1. The minimum Gasteiger partial charge on any atom is -0.319 e. The van der Waals surface area contributed by atoms with Gasteiger partial charge in [0, 0.05) is 30.3 Å². The van der Waals surface area contributed by atoms with Gasteiger partial charge in [0.05, 0.1) is 11.9 Å². The fourth-order valence-corrected chi connectivity index (χ4v) is 4.86. The molecule has 1 saturated carbocycles. The molecule has 3 aliphatic carbocycles. The Hall–Kier alpha value is -3.21. The average molecular weight is 414 g/mol. The Morgan fingerprint density at radius 1 is 1.13 bits per heavy atom. The molecule has 5 rings (SSSR count). The van der Waals surface area contributed by atoms with Gasteiger partial charge in [0.25, 0.3) is 5.91 Å². The second-order valence-corrected chi connectivity index (χ2v) is 8.80. The fourth-order valence-electron chi connectivity index (χ4n) is 4.86. The topological polar surface area (TPSA) is 64.0 Å². The lowest BCUT2D eigenvalue weighted by Gasteiger charge is -2.21. The highest BCUT2D eigenvalue weighted by molar-refractivity contribution is 6.12. The molecule has 5 heteroatoms. The molecule has 1 amide bonds. The first-order valence-corrected chi connectivity index (χ1v) is 11.2. The molecule has 0 spiro atoms. The molecule has 1 aromatic heterocycles. The van der Waals surface area contributed by atoms with Crippen LogP contribution in [0.25, 0.3) is 6.08 Å². The third-order valence-electron chi connectivity index (χ3n) is 6.54. The zero-order valence-corrected chi connectivity index (χ0v) is 17.6. The molecule has 3 aliphatic rings. The molecule has 0 bridgehead atoms. The van der Waals surface area contributed by atoms with Gasteiger partial charge in [-0.25, -0.2) is 0 Å². The van der Waals surface area contributed by atoms with E-state index in [1.807, 2.05) is 23.0 Å². The van der Waals surface area contributed by atoms with Crippen molar-refractivity contribution in [1.82, 2.24) is 9.78 Å². The van der Waals surface area contributed by atoms with Crippen LogP contribution in [0, 0.1) is 5.92 Å². The predicted molar refractivity (Wildman–Crippen MR) is 121 cm³/mol. The lowest BCUT2D eigenvalue weighted by atomic mass is 9.89. The van der Waals surface area contributed by atoms with E-state index in [1.54, 1.807) is 18.3 Å². The van der Waals surface area contributed by atoms with Gasteiger partial charge in [-0.05, 0) is 48.0 Å². The van der Waals surface area contributed by atoms with Crippen LogP contribution in [0.5, 0.6) is 0 Å². The van der Waals surface area contributed by atoms with E-state index in [4.69, 9.17) is 0 Å². The van der Waals surface area contributed by atoms with Crippen molar-refractivity contribution >= 4 is 23.5 Å². The normalized spacial score (nSPS) is 18.8. The minimum atomic E-state index is -0.196. The van der Waals surface area contributed by atoms with Crippen molar-refractivity contribution in [2.24, 2.45) is 5.92 Å². The molecule has 0 radical (unpaired) electrons. The van der Waals surface area contributed by atoms with Gasteiger partial charge in [0.1, 0.15) is 0 Å². The van der Waals surface area contributed by atoms with E-state index in [1.165, 1.54) is 37.7 Å². The van der Waals surface area contributed by atoms with E-state index in [9.17, 15) is 9.59 Å². The second kappa shape index (κ2) is 8.50. The number of Topliss-reactive ketones (excluding diaryl/α,β-unsaturated/α-hetero) is 1. The van der Waals surface area contributed by atoms with Crippen molar-refractivity contribution in [3.05, 3.63) is 76.7 Å². The number of amides is 1. The van der Waals surface area contributed by atoms with E-state index in [2.05, 4.69) is 28.6 Å². The van der Waals surface area contributed by atoms with Gasteiger partial charge in [0.15, 0.2) is 5.78 Å². The molecule has 0 saturated heterocycles. The van der Waals surface area contributed by atoms with Crippen LogP contribution in [0.3, 0.4) is 0 Å². The molecular weight excluding hydrogens is 386 g/mol. The molecule has 0 aliphatic heterocycles. The summed E-state index contributed by atoms with van der Waals surface area (Å²) in [7, 11) is 0. The molecule has 158 valence electrons. The first-order chi connectivity index (χ1) is 15.2. The third-order valence-corrected chi connectivity index (χ3v) is 6.54. The van der Waals surface area contributed by atoms with Gasteiger partial charge < -0.3 is 5.32 Å². The molecule has 31 heavy (non-hydrogen) atoms. The van der Waals surface area contributed by atoms with Gasteiger partial charge in [-0.2, -0.15) is 5.10 Å². The third kappa shape index (κ3) is 4.31. The van der Waals surface area contributed by atoms with E-state index in [0.29, 0.717) is 22.8 Å². The van der Waals surface area contributed by atoms with Gasteiger partial charge >= 0.3 is 0 Å². The summed E-state index contributed by atoms with van der Waals surface area (Å²) >= 11 is 0. The standard InChI is InChI=1S/C26H27N3O2/c30-25-11-10-21(14-24(25)22-12-19-8-4-5-9-20(19)13-22)26(31)28-23-15-27-29(17-23)16-18-6-2-1-3-7-18/h4-5,8-10,12,14-15,17-18H,1-3,6-7,11,13,16H2,(H,28,31).